The number of benzene rings is 2. The summed E-state index contributed by atoms with van der Waals surface area (Å²) in [4.78, 5) is 24.1. The first-order chi connectivity index (χ1) is 12.0. The fourth-order valence-electron chi connectivity index (χ4n) is 2.35. The van der Waals surface area contributed by atoms with Crippen LogP contribution in [0.15, 0.2) is 51.8 Å². The predicted octanol–water partition coefficient (Wildman–Crippen LogP) is 3.24. The van der Waals surface area contributed by atoms with Gasteiger partial charge in [-0.25, -0.2) is 13.8 Å². The third-order valence-corrected chi connectivity index (χ3v) is 3.81. The van der Waals surface area contributed by atoms with Crippen molar-refractivity contribution in [2.24, 2.45) is 0 Å². The fraction of sp³-hybridized carbons (Fsp3) is 0.118. The van der Waals surface area contributed by atoms with Crippen LogP contribution in [-0.2, 0) is 11.3 Å². The second-order valence-electron chi connectivity index (χ2n) is 5.35. The first kappa shape index (κ1) is 16.9. The number of aromatic nitrogens is 2. The largest absolute Gasteiger partial charge is 0.442 e. The molecule has 25 heavy (non-hydrogen) atoms. The molecule has 0 aliphatic rings. The predicted molar refractivity (Wildman–Crippen MR) is 91.0 cm³/mol. The van der Waals surface area contributed by atoms with E-state index in [1.165, 1.54) is 12.1 Å². The quantitative estimate of drug-likeness (QED) is 0.773. The molecule has 1 aromatic heterocycles. The van der Waals surface area contributed by atoms with Crippen LogP contribution < -0.4 is 11.1 Å². The molecular weight excluding hydrogens is 349 g/mol. The molecule has 8 heteroatoms. The van der Waals surface area contributed by atoms with Crippen molar-refractivity contribution in [3.8, 4) is 11.4 Å². The van der Waals surface area contributed by atoms with E-state index in [-0.39, 0.29) is 23.1 Å². The van der Waals surface area contributed by atoms with E-state index in [4.69, 9.17) is 11.6 Å². The molecule has 1 N–H and O–H groups in total. The van der Waals surface area contributed by atoms with E-state index in [0.717, 1.165) is 16.2 Å². The highest BCUT2D eigenvalue weighted by molar-refractivity contribution is 6.30. The molecule has 0 unspecified atom stereocenters. The minimum atomic E-state index is -0.778. The summed E-state index contributed by atoms with van der Waals surface area (Å²) in [5.74, 6) is -1.79. The van der Waals surface area contributed by atoms with Crippen molar-refractivity contribution in [2.75, 3.05) is 5.32 Å². The molecule has 0 aliphatic heterocycles. The maximum absolute atomic E-state index is 13.7. The average molecular weight is 362 g/mol. The highest BCUT2D eigenvalue weighted by Gasteiger charge is 2.18. The highest BCUT2D eigenvalue weighted by Crippen LogP contribution is 2.21. The number of amides is 1. The second kappa shape index (κ2) is 6.90. The standard InChI is InChI=1S/C17H13ClFN3O3/c1-10-4-2-3-5-12(10)16-21-25-17(24)22(16)9-15(23)20-14-8-11(18)6-7-13(14)19/h2-8H,9H2,1H3,(H,20,23). The van der Waals surface area contributed by atoms with Gasteiger partial charge in [-0.3, -0.25) is 9.32 Å². The van der Waals surface area contributed by atoms with Gasteiger partial charge in [0, 0.05) is 10.6 Å². The van der Waals surface area contributed by atoms with E-state index in [0.29, 0.717) is 5.56 Å². The maximum atomic E-state index is 13.7. The molecule has 0 saturated carbocycles. The zero-order valence-electron chi connectivity index (χ0n) is 13.1. The molecule has 0 spiro atoms. The molecule has 128 valence electrons. The average Bonchev–Trinajstić information content (AvgIpc) is 2.92. The number of halogens is 2. The van der Waals surface area contributed by atoms with E-state index < -0.39 is 17.5 Å². The molecule has 2 aromatic carbocycles. The van der Waals surface area contributed by atoms with Gasteiger partial charge in [-0.15, -0.1) is 0 Å². The summed E-state index contributed by atoms with van der Waals surface area (Å²) < 4.78 is 19.5. The minimum absolute atomic E-state index is 0.0700. The minimum Gasteiger partial charge on any atom is -0.322 e. The van der Waals surface area contributed by atoms with Crippen LogP contribution in [0.3, 0.4) is 0 Å². The van der Waals surface area contributed by atoms with Gasteiger partial charge in [-0.1, -0.05) is 41.0 Å². The lowest BCUT2D eigenvalue weighted by Gasteiger charge is -2.09. The van der Waals surface area contributed by atoms with Gasteiger partial charge >= 0.3 is 5.76 Å². The molecular formula is C17H13ClFN3O3. The Bertz CT molecular complexity index is 997. The Kier molecular flexibility index (Phi) is 4.67. The van der Waals surface area contributed by atoms with Gasteiger partial charge < -0.3 is 5.32 Å². The second-order valence-corrected chi connectivity index (χ2v) is 5.78. The molecule has 6 nitrogen and oxygen atoms in total. The molecule has 3 aromatic rings. The molecule has 0 saturated heterocycles. The van der Waals surface area contributed by atoms with Crippen LogP contribution in [0, 0.1) is 12.7 Å². The van der Waals surface area contributed by atoms with Gasteiger partial charge in [0.05, 0.1) is 5.69 Å². The lowest BCUT2D eigenvalue weighted by atomic mass is 10.1. The lowest BCUT2D eigenvalue weighted by molar-refractivity contribution is -0.116. The Labute approximate surface area is 146 Å². The van der Waals surface area contributed by atoms with Crippen molar-refractivity contribution in [3.05, 3.63) is 69.4 Å². The van der Waals surface area contributed by atoms with Crippen LogP contribution in [0.4, 0.5) is 10.1 Å². The number of aryl methyl sites for hydroxylation is 1. The molecule has 1 heterocycles. The Morgan fingerprint density at radius 1 is 1.32 bits per heavy atom. The van der Waals surface area contributed by atoms with Crippen LogP contribution in [0.1, 0.15) is 5.56 Å². The molecule has 3 rings (SSSR count). The van der Waals surface area contributed by atoms with Gasteiger partial charge in [0.2, 0.25) is 5.91 Å². The summed E-state index contributed by atoms with van der Waals surface area (Å²) in [6, 6.07) is 11.0. The number of anilines is 1. The van der Waals surface area contributed by atoms with Crippen LogP contribution >= 0.6 is 11.6 Å². The number of nitrogens with one attached hydrogen (secondary N) is 1. The third kappa shape index (κ3) is 3.61. The molecule has 0 fully saturated rings. The van der Waals surface area contributed by atoms with Crippen LogP contribution in [0.25, 0.3) is 11.4 Å². The zero-order valence-corrected chi connectivity index (χ0v) is 13.9. The van der Waals surface area contributed by atoms with Crippen LogP contribution in [0.5, 0.6) is 0 Å². The van der Waals surface area contributed by atoms with Crippen LogP contribution in [0.2, 0.25) is 5.02 Å². The first-order valence-electron chi connectivity index (χ1n) is 7.33. The van der Waals surface area contributed by atoms with Crippen molar-refractivity contribution in [2.45, 2.75) is 13.5 Å². The number of carbonyl (C=O) groups is 1. The number of hydrogen-bond donors (Lipinski definition) is 1. The normalized spacial score (nSPS) is 10.7. The Hall–Kier alpha value is -2.93. The van der Waals surface area contributed by atoms with Gasteiger partial charge in [0.15, 0.2) is 5.82 Å². The Morgan fingerprint density at radius 3 is 2.84 bits per heavy atom. The molecule has 0 aliphatic carbocycles. The number of rotatable bonds is 4. The van der Waals surface area contributed by atoms with E-state index in [1.54, 1.807) is 12.1 Å². The van der Waals surface area contributed by atoms with Crippen molar-refractivity contribution >= 4 is 23.2 Å². The Morgan fingerprint density at radius 2 is 2.08 bits per heavy atom. The number of nitrogens with zero attached hydrogens (tertiary/aromatic N) is 2. The summed E-state index contributed by atoms with van der Waals surface area (Å²) >= 11 is 5.79. The summed E-state index contributed by atoms with van der Waals surface area (Å²) in [5, 5.41) is 6.40. The summed E-state index contributed by atoms with van der Waals surface area (Å²) in [6.07, 6.45) is 0. The zero-order chi connectivity index (χ0) is 18.0. The van der Waals surface area contributed by atoms with Gasteiger partial charge in [0.1, 0.15) is 12.4 Å². The van der Waals surface area contributed by atoms with Crippen molar-refractivity contribution in [1.29, 1.82) is 0 Å². The lowest BCUT2D eigenvalue weighted by Crippen LogP contribution is -2.26. The van der Waals surface area contributed by atoms with Crippen LogP contribution in [-0.4, -0.2) is 15.6 Å². The topological polar surface area (TPSA) is 77.1 Å². The molecule has 0 bridgehead atoms. The first-order valence-corrected chi connectivity index (χ1v) is 7.71. The van der Waals surface area contributed by atoms with E-state index in [9.17, 15) is 14.0 Å². The molecule has 0 atom stereocenters. The van der Waals surface area contributed by atoms with Gasteiger partial charge in [-0.2, -0.15) is 0 Å². The van der Waals surface area contributed by atoms with Crippen molar-refractivity contribution in [1.82, 2.24) is 9.72 Å². The monoisotopic (exact) mass is 361 g/mol. The van der Waals surface area contributed by atoms with Gasteiger partial charge in [-0.05, 0) is 30.7 Å². The van der Waals surface area contributed by atoms with E-state index in [2.05, 4.69) is 15.0 Å². The molecule has 1 amide bonds. The smallest absolute Gasteiger partial charge is 0.322 e. The van der Waals surface area contributed by atoms with E-state index >= 15 is 0 Å². The SMILES string of the molecule is Cc1ccccc1-c1noc(=O)n1CC(=O)Nc1cc(Cl)ccc1F. The summed E-state index contributed by atoms with van der Waals surface area (Å²) in [7, 11) is 0. The summed E-state index contributed by atoms with van der Waals surface area (Å²) in [5.41, 5.74) is 1.46. The van der Waals surface area contributed by atoms with Gasteiger partial charge in [0.25, 0.3) is 0 Å². The number of carbonyl (C=O) groups excluding carboxylic acids is 1. The highest BCUT2D eigenvalue weighted by atomic mass is 35.5. The van der Waals surface area contributed by atoms with Crippen molar-refractivity contribution < 1.29 is 13.7 Å². The maximum Gasteiger partial charge on any atom is 0.442 e. The third-order valence-electron chi connectivity index (χ3n) is 3.58. The Balaban J connectivity index is 1.88. The fourth-order valence-corrected chi connectivity index (χ4v) is 2.52. The van der Waals surface area contributed by atoms with Crippen molar-refractivity contribution in [3.63, 3.8) is 0 Å². The number of hydrogen-bond acceptors (Lipinski definition) is 4. The molecule has 0 radical (unpaired) electrons. The van der Waals surface area contributed by atoms with E-state index in [1.807, 2.05) is 19.1 Å². The summed E-state index contributed by atoms with van der Waals surface area (Å²) in [6.45, 7) is 1.47.